The van der Waals surface area contributed by atoms with Crippen molar-refractivity contribution in [3.8, 4) is 12.3 Å². The van der Waals surface area contributed by atoms with Gasteiger partial charge in [0, 0.05) is 18.8 Å². The number of rotatable bonds is 5. The highest BCUT2D eigenvalue weighted by Crippen LogP contribution is 2.24. The average molecular weight is 242 g/mol. The lowest BCUT2D eigenvalue weighted by molar-refractivity contribution is 0.258. The summed E-state index contributed by atoms with van der Waals surface area (Å²) in [5.41, 5.74) is 2.73. The fraction of sp³-hybridized carbons (Fsp3) is 0.500. The van der Waals surface area contributed by atoms with Crippen LogP contribution >= 0.6 is 0 Å². The molecule has 1 aliphatic rings. The van der Waals surface area contributed by atoms with Crippen molar-refractivity contribution in [3.63, 3.8) is 0 Å². The van der Waals surface area contributed by atoms with Gasteiger partial charge < -0.3 is 5.32 Å². The molecule has 1 aliphatic heterocycles. The standard InChI is InChI=1S/C16H22N2/c1-3-9-18(10-4-2)13-14-11-15-7-5-6-8-16(15)17-12-14/h1,5-8,14,17H,4,9-13H2,2H3. The van der Waals surface area contributed by atoms with Crippen LogP contribution in [-0.2, 0) is 6.42 Å². The van der Waals surface area contributed by atoms with E-state index in [-0.39, 0.29) is 0 Å². The number of terminal acetylenes is 1. The average Bonchev–Trinajstić information content (AvgIpc) is 2.39. The number of hydrogen-bond acceptors (Lipinski definition) is 2. The first kappa shape index (κ1) is 13.0. The molecule has 1 N–H and O–H groups in total. The summed E-state index contributed by atoms with van der Waals surface area (Å²) in [5, 5.41) is 3.52. The van der Waals surface area contributed by atoms with Gasteiger partial charge in [0.1, 0.15) is 0 Å². The third kappa shape index (κ3) is 3.27. The van der Waals surface area contributed by atoms with Gasteiger partial charge in [-0.05, 0) is 36.9 Å². The van der Waals surface area contributed by atoms with Gasteiger partial charge in [0.2, 0.25) is 0 Å². The second-order valence-electron chi connectivity index (χ2n) is 5.05. The molecule has 0 amide bonds. The first-order valence-corrected chi connectivity index (χ1v) is 6.81. The Morgan fingerprint density at radius 2 is 2.28 bits per heavy atom. The lowest BCUT2D eigenvalue weighted by Crippen LogP contribution is -2.36. The minimum Gasteiger partial charge on any atom is -0.384 e. The summed E-state index contributed by atoms with van der Waals surface area (Å²) in [6.07, 6.45) is 7.76. The summed E-state index contributed by atoms with van der Waals surface area (Å²) >= 11 is 0. The van der Waals surface area contributed by atoms with E-state index in [1.54, 1.807) is 0 Å². The molecule has 2 heteroatoms. The number of nitrogens with one attached hydrogen (secondary N) is 1. The lowest BCUT2D eigenvalue weighted by Gasteiger charge is -2.30. The zero-order valence-corrected chi connectivity index (χ0v) is 11.2. The van der Waals surface area contributed by atoms with Crippen molar-refractivity contribution in [2.24, 2.45) is 5.92 Å². The van der Waals surface area contributed by atoms with Gasteiger partial charge in [-0.15, -0.1) is 6.42 Å². The highest BCUT2D eigenvalue weighted by atomic mass is 15.1. The predicted molar refractivity (Wildman–Crippen MR) is 77.7 cm³/mol. The zero-order valence-electron chi connectivity index (χ0n) is 11.2. The molecule has 0 aliphatic carbocycles. The molecule has 18 heavy (non-hydrogen) atoms. The Labute approximate surface area is 110 Å². The van der Waals surface area contributed by atoms with Gasteiger partial charge in [-0.1, -0.05) is 31.0 Å². The van der Waals surface area contributed by atoms with E-state index >= 15 is 0 Å². The fourth-order valence-corrected chi connectivity index (χ4v) is 2.68. The van der Waals surface area contributed by atoms with Crippen molar-refractivity contribution in [2.75, 3.05) is 31.5 Å². The number of para-hydroxylation sites is 1. The van der Waals surface area contributed by atoms with E-state index in [9.17, 15) is 0 Å². The van der Waals surface area contributed by atoms with E-state index < -0.39 is 0 Å². The van der Waals surface area contributed by atoms with Crippen LogP contribution in [0.2, 0.25) is 0 Å². The van der Waals surface area contributed by atoms with Gasteiger partial charge in [-0.25, -0.2) is 0 Å². The lowest BCUT2D eigenvalue weighted by atomic mass is 9.93. The van der Waals surface area contributed by atoms with E-state index in [4.69, 9.17) is 6.42 Å². The first-order valence-electron chi connectivity index (χ1n) is 6.81. The van der Waals surface area contributed by atoms with Crippen molar-refractivity contribution in [1.82, 2.24) is 4.90 Å². The molecule has 96 valence electrons. The maximum atomic E-state index is 5.43. The normalized spacial score (nSPS) is 17.9. The van der Waals surface area contributed by atoms with Crippen LogP contribution in [0.4, 0.5) is 5.69 Å². The summed E-state index contributed by atoms with van der Waals surface area (Å²) in [7, 11) is 0. The van der Waals surface area contributed by atoms with Crippen molar-refractivity contribution in [3.05, 3.63) is 29.8 Å². The number of fused-ring (bicyclic) bond motifs is 1. The molecule has 1 aromatic rings. The quantitative estimate of drug-likeness (QED) is 0.799. The Hall–Kier alpha value is -1.46. The van der Waals surface area contributed by atoms with E-state index in [0.717, 1.165) is 32.6 Å². The van der Waals surface area contributed by atoms with Crippen molar-refractivity contribution >= 4 is 5.69 Å². The molecule has 0 saturated carbocycles. The molecule has 1 unspecified atom stereocenters. The summed E-state index contributed by atoms with van der Waals surface area (Å²) in [5.74, 6) is 3.43. The molecule has 0 radical (unpaired) electrons. The van der Waals surface area contributed by atoms with Gasteiger partial charge in [0.25, 0.3) is 0 Å². The molecular weight excluding hydrogens is 220 g/mol. The molecule has 1 aromatic carbocycles. The van der Waals surface area contributed by atoms with Crippen LogP contribution in [-0.4, -0.2) is 31.1 Å². The van der Waals surface area contributed by atoms with Crippen LogP contribution in [0.25, 0.3) is 0 Å². The van der Waals surface area contributed by atoms with E-state index in [1.165, 1.54) is 17.7 Å². The van der Waals surface area contributed by atoms with Crippen molar-refractivity contribution < 1.29 is 0 Å². The minimum absolute atomic E-state index is 0.666. The van der Waals surface area contributed by atoms with Crippen molar-refractivity contribution in [1.29, 1.82) is 0 Å². The second-order valence-corrected chi connectivity index (χ2v) is 5.05. The number of hydrogen-bond donors (Lipinski definition) is 1. The Morgan fingerprint density at radius 3 is 3.06 bits per heavy atom. The van der Waals surface area contributed by atoms with Gasteiger partial charge in [-0.2, -0.15) is 0 Å². The van der Waals surface area contributed by atoms with Crippen LogP contribution in [0.5, 0.6) is 0 Å². The van der Waals surface area contributed by atoms with Gasteiger partial charge >= 0.3 is 0 Å². The van der Waals surface area contributed by atoms with Crippen LogP contribution < -0.4 is 5.32 Å². The maximum absolute atomic E-state index is 5.43. The van der Waals surface area contributed by atoms with Gasteiger partial charge in [0.15, 0.2) is 0 Å². The van der Waals surface area contributed by atoms with E-state index in [2.05, 4.69) is 47.3 Å². The minimum atomic E-state index is 0.666. The highest BCUT2D eigenvalue weighted by molar-refractivity contribution is 5.53. The summed E-state index contributed by atoms with van der Waals surface area (Å²) in [6.45, 7) is 6.23. The number of nitrogens with zero attached hydrogens (tertiary/aromatic N) is 1. The third-order valence-corrected chi connectivity index (χ3v) is 3.48. The Bertz CT molecular complexity index is 419. The Morgan fingerprint density at radius 1 is 1.44 bits per heavy atom. The van der Waals surface area contributed by atoms with E-state index in [0.29, 0.717) is 5.92 Å². The molecule has 0 spiro atoms. The third-order valence-electron chi connectivity index (χ3n) is 3.48. The van der Waals surface area contributed by atoms with E-state index in [1.807, 2.05) is 0 Å². The van der Waals surface area contributed by atoms with Crippen LogP contribution in [0, 0.1) is 18.3 Å². The molecule has 0 saturated heterocycles. The Kier molecular flexibility index (Phi) is 4.66. The largest absolute Gasteiger partial charge is 0.384 e. The SMILES string of the molecule is C#CCN(CCC)CC1CNc2ccccc2C1. The molecule has 2 nitrogen and oxygen atoms in total. The van der Waals surface area contributed by atoms with Crippen molar-refractivity contribution in [2.45, 2.75) is 19.8 Å². The summed E-state index contributed by atoms with van der Waals surface area (Å²) in [6, 6.07) is 8.60. The fourth-order valence-electron chi connectivity index (χ4n) is 2.68. The molecular formula is C16H22N2. The van der Waals surface area contributed by atoms with Crippen LogP contribution in [0.1, 0.15) is 18.9 Å². The summed E-state index contributed by atoms with van der Waals surface area (Å²) in [4.78, 5) is 2.39. The molecule has 2 rings (SSSR count). The van der Waals surface area contributed by atoms with Gasteiger partial charge in [-0.3, -0.25) is 4.90 Å². The second kappa shape index (κ2) is 6.47. The number of anilines is 1. The topological polar surface area (TPSA) is 15.3 Å². The predicted octanol–water partition coefficient (Wildman–Crippen LogP) is 2.62. The molecule has 1 atom stereocenters. The monoisotopic (exact) mass is 242 g/mol. The maximum Gasteiger partial charge on any atom is 0.0599 e. The smallest absolute Gasteiger partial charge is 0.0599 e. The molecule has 0 bridgehead atoms. The zero-order chi connectivity index (χ0) is 12.8. The molecule has 1 heterocycles. The first-order chi connectivity index (χ1) is 8.83. The Balaban J connectivity index is 1.94. The van der Waals surface area contributed by atoms with Crippen LogP contribution in [0.3, 0.4) is 0 Å². The van der Waals surface area contributed by atoms with Gasteiger partial charge in [0.05, 0.1) is 6.54 Å². The molecule has 0 fully saturated rings. The molecule has 0 aromatic heterocycles. The summed E-state index contributed by atoms with van der Waals surface area (Å²) < 4.78 is 0. The van der Waals surface area contributed by atoms with Crippen LogP contribution in [0.15, 0.2) is 24.3 Å². The highest BCUT2D eigenvalue weighted by Gasteiger charge is 2.19. The number of benzene rings is 1.